The van der Waals surface area contributed by atoms with E-state index in [1.165, 1.54) is 57.8 Å². The maximum atomic E-state index is 6.25. The minimum atomic E-state index is 0.499. The summed E-state index contributed by atoms with van der Waals surface area (Å²) in [6, 6.07) is 0.628. The summed E-state index contributed by atoms with van der Waals surface area (Å²) in [4.78, 5) is 0. The predicted molar refractivity (Wildman–Crippen MR) is 67.7 cm³/mol. The van der Waals surface area contributed by atoms with Crippen molar-refractivity contribution in [3.8, 4) is 0 Å². The van der Waals surface area contributed by atoms with Crippen molar-refractivity contribution in [1.29, 1.82) is 0 Å². The first-order valence-electron chi connectivity index (χ1n) is 7.29. The third-order valence-corrected chi connectivity index (χ3v) is 4.03. The van der Waals surface area contributed by atoms with Crippen molar-refractivity contribution in [3.63, 3.8) is 0 Å². The van der Waals surface area contributed by atoms with Crippen LogP contribution in [0.1, 0.15) is 64.7 Å². The molecular weight excluding hydrogens is 198 g/mol. The lowest BCUT2D eigenvalue weighted by Gasteiger charge is -2.34. The third kappa shape index (κ3) is 3.46. The second kappa shape index (κ2) is 6.61. The minimum Gasteiger partial charge on any atom is -0.373 e. The van der Waals surface area contributed by atoms with E-state index in [-0.39, 0.29) is 0 Å². The molecule has 2 nitrogen and oxygen atoms in total. The Hall–Kier alpha value is -0.0800. The highest BCUT2D eigenvalue weighted by Crippen LogP contribution is 2.28. The maximum absolute atomic E-state index is 6.25. The van der Waals surface area contributed by atoms with Gasteiger partial charge in [0.25, 0.3) is 0 Å². The van der Waals surface area contributed by atoms with Gasteiger partial charge in [-0.2, -0.15) is 0 Å². The van der Waals surface area contributed by atoms with Crippen molar-refractivity contribution in [1.82, 2.24) is 5.32 Å². The highest BCUT2D eigenvalue weighted by atomic mass is 16.5. The molecule has 2 saturated carbocycles. The molecule has 2 heteroatoms. The average Bonchev–Trinajstić information content (AvgIpc) is 2.45. The highest BCUT2D eigenvalue weighted by Gasteiger charge is 2.28. The Labute approximate surface area is 100 Å². The summed E-state index contributed by atoms with van der Waals surface area (Å²) in [6.45, 7) is 3.39. The topological polar surface area (TPSA) is 21.3 Å². The van der Waals surface area contributed by atoms with Crippen LogP contribution in [-0.2, 0) is 4.74 Å². The smallest absolute Gasteiger partial charge is 0.0731 e. The molecule has 2 aliphatic rings. The van der Waals surface area contributed by atoms with Crippen molar-refractivity contribution >= 4 is 0 Å². The van der Waals surface area contributed by atoms with E-state index in [1.807, 2.05) is 0 Å². The standard InChI is InChI=1S/C14H27NO/c1-2-11-15-13-9-4-3-5-10-14(13)16-12-7-6-8-12/h12-15H,2-11H2,1H3. The van der Waals surface area contributed by atoms with Crippen LogP contribution in [0.5, 0.6) is 0 Å². The summed E-state index contributed by atoms with van der Waals surface area (Å²) in [7, 11) is 0. The molecular formula is C14H27NO. The Kier molecular flexibility index (Phi) is 5.11. The molecule has 0 heterocycles. The second-order valence-corrected chi connectivity index (χ2v) is 5.43. The van der Waals surface area contributed by atoms with Gasteiger partial charge in [-0.3, -0.25) is 0 Å². The van der Waals surface area contributed by atoms with Crippen LogP contribution in [0.2, 0.25) is 0 Å². The van der Waals surface area contributed by atoms with Crippen LogP contribution >= 0.6 is 0 Å². The first-order valence-corrected chi connectivity index (χ1v) is 7.29. The van der Waals surface area contributed by atoms with Gasteiger partial charge in [-0.1, -0.05) is 26.2 Å². The van der Waals surface area contributed by atoms with Crippen molar-refractivity contribution < 1.29 is 4.74 Å². The Morgan fingerprint density at radius 3 is 2.50 bits per heavy atom. The number of nitrogens with one attached hydrogen (secondary N) is 1. The molecule has 0 aromatic carbocycles. The maximum Gasteiger partial charge on any atom is 0.0731 e. The van der Waals surface area contributed by atoms with E-state index in [0.717, 1.165) is 6.54 Å². The van der Waals surface area contributed by atoms with Gasteiger partial charge in [-0.15, -0.1) is 0 Å². The Morgan fingerprint density at radius 1 is 1.00 bits per heavy atom. The van der Waals surface area contributed by atoms with E-state index < -0.39 is 0 Å². The van der Waals surface area contributed by atoms with Gasteiger partial charge in [-0.25, -0.2) is 0 Å². The molecule has 2 atom stereocenters. The molecule has 1 N–H and O–H groups in total. The van der Waals surface area contributed by atoms with Crippen LogP contribution in [0.15, 0.2) is 0 Å². The molecule has 0 aromatic rings. The first-order chi connectivity index (χ1) is 7.90. The molecule has 0 radical (unpaired) electrons. The van der Waals surface area contributed by atoms with E-state index in [9.17, 15) is 0 Å². The highest BCUT2D eigenvalue weighted by molar-refractivity contribution is 4.83. The van der Waals surface area contributed by atoms with E-state index in [1.54, 1.807) is 0 Å². The quantitative estimate of drug-likeness (QED) is 0.725. The molecule has 0 spiro atoms. The Bertz CT molecular complexity index is 191. The summed E-state index contributed by atoms with van der Waals surface area (Å²) in [5.74, 6) is 0. The van der Waals surface area contributed by atoms with Gasteiger partial charge in [0.1, 0.15) is 0 Å². The Balaban J connectivity index is 1.81. The van der Waals surface area contributed by atoms with Gasteiger partial charge < -0.3 is 10.1 Å². The molecule has 0 amide bonds. The molecule has 0 aliphatic heterocycles. The van der Waals surface area contributed by atoms with E-state index in [2.05, 4.69) is 12.2 Å². The fourth-order valence-electron chi connectivity index (χ4n) is 2.75. The molecule has 0 aromatic heterocycles. The van der Waals surface area contributed by atoms with Crippen LogP contribution in [0.3, 0.4) is 0 Å². The second-order valence-electron chi connectivity index (χ2n) is 5.43. The van der Waals surface area contributed by atoms with E-state index >= 15 is 0 Å². The number of rotatable bonds is 5. The van der Waals surface area contributed by atoms with Crippen LogP contribution in [0.4, 0.5) is 0 Å². The lowest BCUT2D eigenvalue weighted by molar-refractivity contribution is -0.0684. The van der Waals surface area contributed by atoms with Crippen LogP contribution in [0, 0.1) is 0 Å². The lowest BCUT2D eigenvalue weighted by atomic mass is 9.95. The summed E-state index contributed by atoms with van der Waals surface area (Å²) >= 11 is 0. The molecule has 16 heavy (non-hydrogen) atoms. The monoisotopic (exact) mass is 225 g/mol. The molecule has 2 unspecified atom stereocenters. The molecule has 94 valence electrons. The van der Waals surface area contributed by atoms with E-state index in [4.69, 9.17) is 4.74 Å². The molecule has 0 bridgehead atoms. The SMILES string of the molecule is CCCNC1CCCCCC1OC1CCC1. The van der Waals surface area contributed by atoms with Crippen LogP contribution in [0.25, 0.3) is 0 Å². The molecule has 2 aliphatic carbocycles. The fourth-order valence-corrected chi connectivity index (χ4v) is 2.75. The summed E-state index contributed by atoms with van der Waals surface area (Å²) in [6.07, 6.45) is 13.0. The number of hydrogen-bond acceptors (Lipinski definition) is 2. The van der Waals surface area contributed by atoms with Crippen molar-refractivity contribution in [2.75, 3.05) is 6.54 Å². The summed E-state index contributed by atoms with van der Waals surface area (Å²) in [5.41, 5.74) is 0. The van der Waals surface area contributed by atoms with Gasteiger partial charge in [-0.05, 0) is 45.1 Å². The summed E-state index contributed by atoms with van der Waals surface area (Å²) in [5, 5.41) is 3.69. The summed E-state index contributed by atoms with van der Waals surface area (Å²) < 4.78 is 6.25. The number of hydrogen-bond donors (Lipinski definition) is 1. The van der Waals surface area contributed by atoms with Gasteiger partial charge in [0.05, 0.1) is 12.2 Å². The van der Waals surface area contributed by atoms with Crippen molar-refractivity contribution in [2.45, 2.75) is 83.0 Å². The van der Waals surface area contributed by atoms with Crippen LogP contribution in [-0.4, -0.2) is 24.8 Å². The van der Waals surface area contributed by atoms with Crippen molar-refractivity contribution in [3.05, 3.63) is 0 Å². The Morgan fingerprint density at radius 2 is 1.81 bits per heavy atom. The van der Waals surface area contributed by atoms with Gasteiger partial charge in [0.15, 0.2) is 0 Å². The zero-order chi connectivity index (χ0) is 11.2. The minimum absolute atomic E-state index is 0.499. The largest absolute Gasteiger partial charge is 0.373 e. The normalized spacial score (nSPS) is 32.1. The van der Waals surface area contributed by atoms with E-state index in [0.29, 0.717) is 18.2 Å². The lowest BCUT2D eigenvalue weighted by Crippen LogP contribution is -2.43. The molecule has 2 rings (SSSR count). The van der Waals surface area contributed by atoms with Gasteiger partial charge in [0, 0.05) is 6.04 Å². The molecule has 0 saturated heterocycles. The zero-order valence-corrected chi connectivity index (χ0v) is 10.7. The van der Waals surface area contributed by atoms with Crippen LogP contribution < -0.4 is 5.32 Å². The van der Waals surface area contributed by atoms with Crippen molar-refractivity contribution in [2.24, 2.45) is 0 Å². The fraction of sp³-hybridized carbons (Fsp3) is 1.00. The molecule has 2 fully saturated rings. The predicted octanol–water partition coefficient (Wildman–Crippen LogP) is 3.26. The first kappa shape index (κ1) is 12.4. The zero-order valence-electron chi connectivity index (χ0n) is 10.7. The average molecular weight is 225 g/mol. The van der Waals surface area contributed by atoms with Gasteiger partial charge in [0.2, 0.25) is 0 Å². The third-order valence-electron chi connectivity index (χ3n) is 4.03. The number of ether oxygens (including phenoxy) is 1. The van der Waals surface area contributed by atoms with Gasteiger partial charge >= 0.3 is 0 Å².